The molecule has 0 bridgehead atoms. The third-order valence-corrected chi connectivity index (χ3v) is 3.46. The molecule has 0 fully saturated rings. The van der Waals surface area contributed by atoms with Gasteiger partial charge in [-0.15, -0.1) is 0 Å². The zero-order chi connectivity index (χ0) is 14.8. The van der Waals surface area contributed by atoms with Gasteiger partial charge in [-0.25, -0.2) is 4.79 Å². The van der Waals surface area contributed by atoms with Gasteiger partial charge < -0.3 is 14.6 Å². The average molecular weight is 282 g/mol. The Morgan fingerprint density at radius 2 is 1.76 bits per heavy atom. The maximum absolute atomic E-state index is 11.6. The molecule has 0 amide bonds. The zero-order valence-corrected chi connectivity index (χ0v) is 11.5. The standard InChI is InChI=1S/C17H14O4/c1-20-14-8-4-2-6-11(14)16-12-7-3-5-9-15(12)21-10-13(16)17(18)19/h2-9H,10H2,1H3,(H,18,19). The monoisotopic (exact) mass is 282 g/mol. The van der Waals surface area contributed by atoms with E-state index in [2.05, 4.69) is 0 Å². The van der Waals surface area contributed by atoms with Crippen molar-refractivity contribution in [3.8, 4) is 11.5 Å². The van der Waals surface area contributed by atoms with Crippen LogP contribution in [0.5, 0.6) is 11.5 Å². The first-order valence-electron chi connectivity index (χ1n) is 6.54. The Morgan fingerprint density at radius 1 is 1.10 bits per heavy atom. The van der Waals surface area contributed by atoms with Crippen LogP contribution in [0.2, 0.25) is 0 Å². The van der Waals surface area contributed by atoms with Crippen LogP contribution < -0.4 is 9.47 Å². The Morgan fingerprint density at radius 3 is 2.48 bits per heavy atom. The van der Waals surface area contributed by atoms with Gasteiger partial charge in [0.15, 0.2) is 0 Å². The van der Waals surface area contributed by atoms with Gasteiger partial charge >= 0.3 is 5.97 Å². The zero-order valence-electron chi connectivity index (χ0n) is 11.5. The third kappa shape index (κ3) is 2.25. The van der Waals surface area contributed by atoms with Crippen molar-refractivity contribution in [2.24, 2.45) is 0 Å². The summed E-state index contributed by atoms with van der Waals surface area (Å²) in [4.78, 5) is 11.6. The van der Waals surface area contributed by atoms with Crippen molar-refractivity contribution >= 4 is 11.5 Å². The number of carbonyl (C=O) groups is 1. The van der Waals surface area contributed by atoms with Gasteiger partial charge in [-0.3, -0.25) is 0 Å². The van der Waals surface area contributed by atoms with Gasteiger partial charge in [0.25, 0.3) is 0 Å². The molecule has 2 aromatic rings. The van der Waals surface area contributed by atoms with Crippen molar-refractivity contribution in [3.63, 3.8) is 0 Å². The Kier molecular flexibility index (Phi) is 3.36. The molecule has 3 rings (SSSR count). The molecule has 1 N–H and O–H groups in total. The molecule has 1 heterocycles. The number of methoxy groups -OCH3 is 1. The number of carboxylic acids is 1. The molecule has 0 saturated carbocycles. The van der Waals surface area contributed by atoms with Crippen LogP contribution in [-0.2, 0) is 4.79 Å². The maximum Gasteiger partial charge on any atom is 0.335 e. The molecule has 1 aliphatic heterocycles. The van der Waals surface area contributed by atoms with E-state index in [0.717, 1.165) is 11.1 Å². The summed E-state index contributed by atoms with van der Waals surface area (Å²) in [5.74, 6) is 0.344. The fraction of sp³-hybridized carbons (Fsp3) is 0.118. The fourth-order valence-corrected chi connectivity index (χ4v) is 2.51. The van der Waals surface area contributed by atoms with Gasteiger partial charge in [0.05, 0.1) is 12.7 Å². The molecule has 4 heteroatoms. The van der Waals surface area contributed by atoms with E-state index < -0.39 is 5.97 Å². The number of ether oxygens (including phenoxy) is 2. The highest BCUT2D eigenvalue weighted by atomic mass is 16.5. The smallest absolute Gasteiger partial charge is 0.335 e. The summed E-state index contributed by atoms with van der Waals surface area (Å²) in [5, 5.41) is 9.48. The lowest BCUT2D eigenvalue weighted by molar-refractivity contribution is -0.133. The van der Waals surface area contributed by atoms with Crippen LogP contribution in [0.4, 0.5) is 0 Å². The van der Waals surface area contributed by atoms with Crippen molar-refractivity contribution in [3.05, 3.63) is 65.2 Å². The summed E-state index contributed by atoms with van der Waals surface area (Å²) >= 11 is 0. The van der Waals surface area contributed by atoms with Crippen LogP contribution in [0.25, 0.3) is 5.57 Å². The van der Waals surface area contributed by atoms with Crippen LogP contribution in [0, 0.1) is 0 Å². The minimum atomic E-state index is -0.981. The molecule has 0 radical (unpaired) electrons. The molecule has 0 spiro atoms. The summed E-state index contributed by atoms with van der Waals surface area (Å²) in [6.07, 6.45) is 0. The second-order valence-electron chi connectivity index (χ2n) is 4.64. The van der Waals surface area contributed by atoms with E-state index in [1.807, 2.05) is 48.5 Å². The van der Waals surface area contributed by atoms with Crippen molar-refractivity contribution in [1.29, 1.82) is 0 Å². The SMILES string of the molecule is COc1ccccc1C1=C(C(=O)O)COc2ccccc21. The summed E-state index contributed by atoms with van der Waals surface area (Å²) in [6.45, 7) is 0.0414. The highest BCUT2D eigenvalue weighted by Crippen LogP contribution is 2.40. The highest BCUT2D eigenvalue weighted by molar-refractivity contribution is 6.03. The third-order valence-electron chi connectivity index (χ3n) is 3.46. The second-order valence-corrected chi connectivity index (χ2v) is 4.64. The van der Waals surface area contributed by atoms with Crippen molar-refractivity contribution in [1.82, 2.24) is 0 Å². The Bertz CT molecular complexity index is 731. The molecule has 21 heavy (non-hydrogen) atoms. The number of aliphatic carboxylic acids is 1. The highest BCUT2D eigenvalue weighted by Gasteiger charge is 2.26. The van der Waals surface area contributed by atoms with Gasteiger partial charge in [-0.05, 0) is 12.1 Å². The van der Waals surface area contributed by atoms with Gasteiger partial charge in [-0.2, -0.15) is 0 Å². The van der Waals surface area contributed by atoms with Crippen LogP contribution in [0.3, 0.4) is 0 Å². The van der Waals surface area contributed by atoms with E-state index in [4.69, 9.17) is 9.47 Å². The molecular formula is C17H14O4. The van der Waals surface area contributed by atoms with Gasteiger partial charge in [0.2, 0.25) is 0 Å². The first kappa shape index (κ1) is 13.2. The van der Waals surface area contributed by atoms with Gasteiger partial charge in [0.1, 0.15) is 18.1 Å². The lowest BCUT2D eigenvalue weighted by Gasteiger charge is -2.23. The summed E-state index contributed by atoms with van der Waals surface area (Å²) in [7, 11) is 1.57. The average Bonchev–Trinajstić information content (AvgIpc) is 2.53. The molecular weight excluding hydrogens is 268 g/mol. The van der Waals surface area contributed by atoms with Gasteiger partial charge in [-0.1, -0.05) is 36.4 Å². The summed E-state index contributed by atoms with van der Waals surface area (Å²) in [6, 6.07) is 14.8. The first-order chi connectivity index (χ1) is 10.2. The van der Waals surface area contributed by atoms with E-state index in [9.17, 15) is 9.90 Å². The number of hydrogen-bond acceptors (Lipinski definition) is 3. The largest absolute Gasteiger partial charge is 0.496 e. The molecule has 4 nitrogen and oxygen atoms in total. The Balaban J connectivity index is 2.30. The number of para-hydroxylation sites is 2. The molecule has 0 unspecified atom stereocenters. The second kappa shape index (κ2) is 5.32. The van der Waals surface area contributed by atoms with Crippen LogP contribution in [0.15, 0.2) is 54.1 Å². The van der Waals surface area contributed by atoms with Crippen molar-refractivity contribution < 1.29 is 19.4 Å². The number of rotatable bonds is 3. The molecule has 2 aromatic carbocycles. The number of benzene rings is 2. The molecule has 106 valence electrons. The quantitative estimate of drug-likeness (QED) is 0.940. The molecule has 0 atom stereocenters. The van der Waals surface area contributed by atoms with Crippen molar-refractivity contribution in [2.75, 3.05) is 13.7 Å². The predicted octanol–water partition coefficient (Wildman–Crippen LogP) is 2.97. The Hall–Kier alpha value is -2.75. The van der Waals surface area contributed by atoms with E-state index in [1.54, 1.807) is 7.11 Å². The topological polar surface area (TPSA) is 55.8 Å². The molecule has 0 aliphatic carbocycles. The Labute approximate surface area is 122 Å². The fourth-order valence-electron chi connectivity index (χ4n) is 2.51. The van der Waals surface area contributed by atoms with E-state index in [0.29, 0.717) is 17.1 Å². The van der Waals surface area contributed by atoms with E-state index >= 15 is 0 Å². The van der Waals surface area contributed by atoms with Crippen LogP contribution in [-0.4, -0.2) is 24.8 Å². The van der Waals surface area contributed by atoms with Gasteiger partial charge in [0, 0.05) is 16.7 Å². The van der Waals surface area contributed by atoms with E-state index in [-0.39, 0.29) is 12.2 Å². The minimum absolute atomic E-state index is 0.0414. The summed E-state index contributed by atoms with van der Waals surface area (Å²) < 4.78 is 10.9. The molecule has 1 aliphatic rings. The number of carboxylic acid groups (broad SMARTS) is 1. The van der Waals surface area contributed by atoms with Crippen LogP contribution in [0.1, 0.15) is 11.1 Å². The lowest BCUT2D eigenvalue weighted by atomic mass is 9.90. The number of fused-ring (bicyclic) bond motifs is 1. The first-order valence-corrected chi connectivity index (χ1v) is 6.54. The molecule has 0 aromatic heterocycles. The lowest BCUT2D eigenvalue weighted by Crippen LogP contribution is -2.18. The van der Waals surface area contributed by atoms with Crippen LogP contribution >= 0.6 is 0 Å². The summed E-state index contributed by atoms with van der Waals surface area (Å²) in [5.41, 5.74) is 2.42. The maximum atomic E-state index is 11.6. The minimum Gasteiger partial charge on any atom is -0.496 e. The van der Waals surface area contributed by atoms with E-state index in [1.165, 1.54) is 0 Å². The van der Waals surface area contributed by atoms with Crippen molar-refractivity contribution in [2.45, 2.75) is 0 Å². The normalized spacial score (nSPS) is 13.4. The predicted molar refractivity (Wildman–Crippen MR) is 78.6 cm³/mol. The molecule has 0 saturated heterocycles. The number of hydrogen-bond donors (Lipinski definition) is 1.